The zero-order chi connectivity index (χ0) is 7.14. The summed E-state index contributed by atoms with van der Waals surface area (Å²) in [5.41, 5.74) is 0. The summed E-state index contributed by atoms with van der Waals surface area (Å²) in [5, 5.41) is 0. The summed E-state index contributed by atoms with van der Waals surface area (Å²) in [5.74, 6) is 0.302. The maximum absolute atomic E-state index is 11.1. The number of nitrogens with zero attached hydrogens (tertiary/aromatic N) is 1. The van der Waals surface area contributed by atoms with Crippen molar-refractivity contribution in [2.45, 2.75) is 25.3 Å². The second-order valence-corrected chi connectivity index (χ2v) is 4.16. The Morgan fingerprint density at radius 3 is 3.20 bits per heavy atom. The molecule has 0 bridgehead atoms. The molecular weight excluding hydrogens is 241 g/mol. The molecule has 3 heteroatoms. The Bertz CT molecular complexity index is 212. The van der Waals surface area contributed by atoms with Gasteiger partial charge in [-0.15, -0.1) is 0 Å². The normalized spacial score (nSPS) is 30.9. The Hall–Kier alpha value is -0.0600. The zero-order valence-corrected chi connectivity index (χ0v) is 7.67. The molecule has 2 nitrogen and oxygen atoms in total. The lowest BCUT2D eigenvalue weighted by atomic mass is 10.2. The Balaban J connectivity index is 2.24. The maximum Gasteiger partial charge on any atom is 0.226 e. The van der Waals surface area contributed by atoms with Gasteiger partial charge >= 0.3 is 0 Å². The van der Waals surface area contributed by atoms with Crippen LogP contribution in [-0.4, -0.2) is 16.8 Å². The number of halogens is 1. The van der Waals surface area contributed by atoms with Crippen molar-refractivity contribution >= 4 is 28.5 Å². The Morgan fingerprint density at radius 2 is 2.50 bits per heavy atom. The second-order valence-electron chi connectivity index (χ2n) is 2.77. The highest BCUT2D eigenvalue weighted by Gasteiger charge is 2.33. The van der Waals surface area contributed by atoms with Crippen LogP contribution in [0.1, 0.15) is 19.3 Å². The van der Waals surface area contributed by atoms with Gasteiger partial charge in [-0.3, -0.25) is 4.79 Å². The number of rotatable bonds is 0. The number of amides is 1. The van der Waals surface area contributed by atoms with Crippen molar-refractivity contribution in [3.63, 3.8) is 0 Å². The highest BCUT2D eigenvalue weighted by molar-refractivity contribution is 14.1. The predicted octanol–water partition coefficient (Wildman–Crippen LogP) is 1.66. The lowest BCUT2D eigenvalue weighted by Gasteiger charge is -2.11. The van der Waals surface area contributed by atoms with E-state index in [1.54, 1.807) is 0 Å². The first-order valence-corrected chi connectivity index (χ1v) is 4.52. The van der Waals surface area contributed by atoms with Gasteiger partial charge in [0.1, 0.15) is 0 Å². The van der Waals surface area contributed by atoms with E-state index in [0.29, 0.717) is 11.9 Å². The van der Waals surface area contributed by atoms with E-state index in [2.05, 4.69) is 22.6 Å². The van der Waals surface area contributed by atoms with Gasteiger partial charge in [-0.1, -0.05) is 0 Å². The summed E-state index contributed by atoms with van der Waals surface area (Å²) in [4.78, 5) is 13.0. The van der Waals surface area contributed by atoms with Crippen molar-refractivity contribution in [1.82, 2.24) is 4.90 Å². The lowest BCUT2D eigenvalue weighted by molar-refractivity contribution is -0.126. The van der Waals surface area contributed by atoms with Gasteiger partial charge in [-0.2, -0.15) is 0 Å². The topological polar surface area (TPSA) is 20.3 Å². The zero-order valence-electron chi connectivity index (χ0n) is 5.51. The molecule has 0 aromatic rings. The molecule has 0 aromatic carbocycles. The number of carbonyl (C=O) groups is 1. The molecule has 1 saturated heterocycles. The van der Waals surface area contributed by atoms with Crippen LogP contribution in [0, 0.1) is 0 Å². The Kier molecular flexibility index (Phi) is 1.47. The largest absolute Gasteiger partial charge is 0.315 e. The van der Waals surface area contributed by atoms with Crippen LogP contribution in [0.25, 0.3) is 0 Å². The van der Waals surface area contributed by atoms with E-state index in [4.69, 9.17) is 0 Å². The molecule has 1 amide bonds. The second kappa shape index (κ2) is 2.22. The van der Waals surface area contributed by atoms with Gasteiger partial charge in [0.25, 0.3) is 0 Å². The first-order chi connectivity index (χ1) is 4.77. The van der Waals surface area contributed by atoms with Crippen LogP contribution in [0.4, 0.5) is 0 Å². The third kappa shape index (κ3) is 0.872. The first kappa shape index (κ1) is 6.64. The van der Waals surface area contributed by atoms with Crippen molar-refractivity contribution in [3.05, 3.63) is 9.78 Å². The van der Waals surface area contributed by atoms with Gasteiger partial charge in [0.15, 0.2) is 0 Å². The van der Waals surface area contributed by atoms with Crippen LogP contribution in [0.2, 0.25) is 0 Å². The number of fused-ring (bicyclic) bond motifs is 1. The molecule has 1 fully saturated rings. The summed E-state index contributed by atoms with van der Waals surface area (Å²) in [6, 6.07) is 0.513. The SMILES string of the molecule is O=C1CCC2CC(I)=CN12. The average Bonchev–Trinajstić information content (AvgIpc) is 2.35. The molecule has 54 valence electrons. The molecule has 2 rings (SSSR count). The molecule has 0 spiro atoms. The van der Waals surface area contributed by atoms with E-state index in [-0.39, 0.29) is 0 Å². The van der Waals surface area contributed by atoms with Gasteiger partial charge in [0.2, 0.25) is 5.91 Å². The third-order valence-electron chi connectivity index (χ3n) is 2.08. The first-order valence-electron chi connectivity index (χ1n) is 3.45. The fourth-order valence-electron chi connectivity index (χ4n) is 1.57. The standard InChI is InChI=1S/C7H8INO/c8-5-3-6-1-2-7(10)9(6)4-5/h4,6H,1-3H2. The molecule has 2 heterocycles. The molecule has 0 aliphatic carbocycles. The van der Waals surface area contributed by atoms with Gasteiger partial charge in [-0.05, 0) is 29.0 Å². The summed E-state index contributed by atoms with van der Waals surface area (Å²) in [7, 11) is 0. The summed E-state index contributed by atoms with van der Waals surface area (Å²) < 4.78 is 1.32. The third-order valence-corrected chi connectivity index (χ3v) is 2.80. The number of hydrogen-bond donors (Lipinski definition) is 0. The van der Waals surface area contributed by atoms with Crippen LogP contribution >= 0.6 is 22.6 Å². The van der Waals surface area contributed by atoms with Crippen molar-refractivity contribution in [3.8, 4) is 0 Å². The minimum atomic E-state index is 0.302. The van der Waals surface area contributed by atoms with Gasteiger partial charge in [0, 0.05) is 28.7 Å². The Labute approximate surface area is 73.4 Å². The van der Waals surface area contributed by atoms with E-state index in [0.717, 1.165) is 19.3 Å². The van der Waals surface area contributed by atoms with Crippen molar-refractivity contribution in [1.29, 1.82) is 0 Å². The van der Waals surface area contributed by atoms with Gasteiger partial charge < -0.3 is 4.90 Å². The molecule has 2 aliphatic rings. The van der Waals surface area contributed by atoms with Gasteiger partial charge in [0.05, 0.1) is 0 Å². The molecule has 0 aromatic heterocycles. The predicted molar refractivity (Wildman–Crippen MR) is 46.6 cm³/mol. The molecule has 0 radical (unpaired) electrons. The van der Waals surface area contributed by atoms with E-state index in [1.807, 2.05) is 11.1 Å². The smallest absolute Gasteiger partial charge is 0.226 e. The van der Waals surface area contributed by atoms with E-state index in [9.17, 15) is 4.79 Å². The lowest BCUT2D eigenvalue weighted by Crippen LogP contribution is -2.22. The quantitative estimate of drug-likeness (QED) is 0.598. The fraction of sp³-hybridized carbons (Fsp3) is 0.571. The van der Waals surface area contributed by atoms with Crippen molar-refractivity contribution in [2.24, 2.45) is 0 Å². The number of carbonyl (C=O) groups excluding carboxylic acids is 1. The van der Waals surface area contributed by atoms with Crippen LogP contribution in [-0.2, 0) is 4.79 Å². The molecule has 10 heavy (non-hydrogen) atoms. The van der Waals surface area contributed by atoms with Gasteiger partial charge in [-0.25, -0.2) is 0 Å². The van der Waals surface area contributed by atoms with Crippen LogP contribution in [0.15, 0.2) is 9.78 Å². The van der Waals surface area contributed by atoms with Crippen LogP contribution in [0.5, 0.6) is 0 Å². The summed E-state index contributed by atoms with van der Waals surface area (Å²) in [6.45, 7) is 0. The van der Waals surface area contributed by atoms with Crippen LogP contribution < -0.4 is 0 Å². The monoisotopic (exact) mass is 249 g/mol. The van der Waals surface area contributed by atoms with E-state index in [1.165, 1.54) is 3.58 Å². The van der Waals surface area contributed by atoms with E-state index < -0.39 is 0 Å². The molecule has 0 N–H and O–H groups in total. The van der Waals surface area contributed by atoms with Crippen molar-refractivity contribution < 1.29 is 4.79 Å². The fourth-order valence-corrected chi connectivity index (χ4v) is 2.38. The molecule has 1 atom stereocenters. The average molecular weight is 249 g/mol. The maximum atomic E-state index is 11.1. The number of hydrogen-bond acceptors (Lipinski definition) is 1. The molecular formula is C7H8INO. The van der Waals surface area contributed by atoms with Crippen molar-refractivity contribution in [2.75, 3.05) is 0 Å². The minimum absolute atomic E-state index is 0.302. The molecule has 1 unspecified atom stereocenters. The molecule has 0 saturated carbocycles. The highest BCUT2D eigenvalue weighted by atomic mass is 127. The summed E-state index contributed by atoms with van der Waals surface area (Å²) in [6.07, 6.45) is 4.89. The minimum Gasteiger partial charge on any atom is -0.315 e. The van der Waals surface area contributed by atoms with E-state index >= 15 is 0 Å². The van der Waals surface area contributed by atoms with Crippen LogP contribution in [0.3, 0.4) is 0 Å². The summed E-state index contributed by atoms with van der Waals surface area (Å²) >= 11 is 2.30. The Morgan fingerprint density at radius 1 is 1.70 bits per heavy atom. The molecule has 2 aliphatic heterocycles. The highest BCUT2D eigenvalue weighted by Crippen LogP contribution is 2.33.